The highest BCUT2D eigenvalue weighted by molar-refractivity contribution is 6.01. The number of likely N-dealkylation sites (tertiary alicyclic amines) is 1. The molecule has 2 aliphatic heterocycles. The Bertz CT molecular complexity index is 1240. The van der Waals surface area contributed by atoms with Crippen LogP contribution in [0.25, 0.3) is 17.2 Å². The summed E-state index contributed by atoms with van der Waals surface area (Å²) in [7, 11) is 0. The van der Waals surface area contributed by atoms with Gasteiger partial charge in [0.15, 0.2) is 11.6 Å². The molecule has 2 aliphatic rings. The van der Waals surface area contributed by atoms with Crippen molar-refractivity contribution in [2.45, 2.75) is 31.4 Å². The van der Waals surface area contributed by atoms with E-state index in [4.69, 9.17) is 9.84 Å². The van der Waals surface area contributed by atoms with Gasteiger partial charge in [0.05, 0.1) is 12.0 Å². The van der Waals surface area contributed by atoms with Crippen LogP contribution in [0.15, 0.2) is 78.9 Å². The molecule has 0 atom stereocenters. The molecule has 3 aromatic carbocycles. The molecular weight excluding hydrogens is 438 g/mol. The van der Waals surface area contributed by atoms with Crippen molar-refractivity contribution in [3.05, 3.63) is 95.6 Å². The van der Waals surface area contributed by atoms with Crippen molar-refractivity contribution in [2.75, 3.05) is 19.7 Å². The van der Waals surface area contributed by atoms with Crippen molar-refractivity contribution >= 4 is 17.6 Å². The van der Waals surface area contributed by atoms with Crippen molar-refractivity contribution in [1.82, 2.24) is 4.90 Å². The zero-order valence-corrected chi connectivity index (χ0v) is 19.7. The summed E-state index contributed by atoms with van der Waals surface area (Å²) in [6.07, 6.45) is 4.94. The van der Waals surface area contributed by atoms with Crippen molar-refractivity contribution in [2.24, 2.45) is 0 Å². The highest BCUT2D eigenvalue weighted by Crippen LogP contribution is 2.40. The highest BCUT2D eigenvalue weighted by Gasteiger charge is 2.42. The summed E-state index contributed by atoms with van der Waals surface area (Å²) in [6, 6.07) is 24.6. The van der Waals surface area contributed by atoms with Gasteiger partial charge in [0.25, 0.3) is 0 Å². The van der Waals surface area contributed by atoms with Gasteiger partial charge in [0.2, 0.25) is 0 Å². The van der Waals surface area contributed by atoms with E-state index in [1.165, 1.54) is 22.8 Å². The predicted molar refractivity (Wildman–Crippen MR) is 136 cm³/mol. The molecule has 0 bridgehead atoms. The number of aliphatic hydroxyl groups excluding tert-OH is 1. The molecule has 3 aromatic rings. The topological polar surface area (TPSA) is 66.8 Å². The summed E-state index contributed by atoms with van der Waals surface area (Å²) in [6.45, 7) is 2.13. The van der Waals surface area contributed by atoms with E-state index in [1.54, 1.807) is 12.1 Å². The number of carbonyl (C=O) groups is 2. The maximum absolute atomic E-state index is 13.0. The van der Waals surface area contributed by atoms with Gasteiger partial charge in [-0.3, -0.25) is 14.5 Å². The number of carbonyl (C=O) groups excluding carboxylic acids is 2. The van der Waals surface area contributed by atoms with E-state index in [1.807, 2.05) is 18.2 Å². The lowest BCUT2D eigenvalue weighted by Gasteiger charge is -2.44. The Balaban J connectivity index is 1.20. The summed E-state index contributed by atoms with van der Waals surface area (Å²) in [5.74, 6) is 0.333. The van der Waals surface area contributed by atoms with Gasteiger partial charge in [0, 0.05) is 32.5 Å². The fourth-order valence-electron chi connectivity index (χ4n) is 4.95. The third-order valence-corrected chi connectivity index (χ3v) is 6.97. The maximum Gasteiger partial charge on any atom is 0.181 e. The number of Topliss-reactive ketones (excluding diaryl/α,β-unsaturated/α-hetero) is 1. The fraction of sp³-hybridized carbons (Fsp3) is 0.267. The van der Waals surface area contributed by atoms with Gasteiger partial charge in [0.1, 0.15) is 18.0 Å². The number of rotatable bonds is 6. The van der Waals surface area contributed by atoms with Crippen LogP contribution in [0.1, 0.15) is 40.7 Å². The molecule has 2 heterocycles. The lowest BCUT2D eigenvalue weighted by molar-refractivity contribution is -0.117. The van der Waals surface area contributed by atoms with Crippen molar-refractivity contribution in [3.63, 3.8) is 0 Å². The number of aliphatic hydroxyl groups is 1. The van der Waals surface area contributed by atoms with Crippen LogP contribution in [0.2, 0.25) is 0 Å². The second-order valence-electron chi connectivity index (χ2n) is 9.44. The van der Waals surface area contributed by atoms with Crippen LogP contribution in [-0.2, 0) is 11.3 Å². The van der Waals surface area contributed by atoms with Crippen LogP contribution in [0, 0.1) is 0 Å². The largest absolute Gasteiger partial charge is 0.486 e. The summed E-state index contributed by atoms with van der Waals surface area (Å²) in [5.41, 5.74) is 4.59. The summed E-state index contributed by atoms with van der Waals surface area (Å²) < 4.78 is 6.42. The molecule has 0 aromatic heterocycles. The first kappa shape index (κ1) is 23.2. The first-order valence-electron chi connectivity index (χ1n) is 12.1. The van der Waals surface area contributed by atoms with Crippen molar-refractivity contribution in [3.8, 4) is 16.9 Å². The average molecular weight is 468 g/mol. The monoisotopic (exact) mass is 467 g/mol. The zero-order valence-electron chi connectivity index (χ0n) is 19.7. The van der Waals surface area contributed by atoms with Gasteiger partial charge < -0.3 is 9.84 Å². The van der Waals surface area contributed by atoms with Crippen molar-refractivity contribution < 1.29 is 19.4 Å². The molecule has 5 rings (SSSR count). The van der Waals surface area contributed by atoms with Gasteiger partial charge in [-0.2, -0.15) is 0 Å². The van der Waals surface area contributed by atoms with E-state index in [0.717, 1.165) is 38.0 Å². The Labute approximate surface area is 205 Å². The van der Waals surface area contributed by atoms with Gasteiger partial charge in [-0.25, -0.2) is 0 Å². The second kappa shape index (κ2) is 9.98. The molecule has 1 spiro atoms. The summed E-state index contributed by atoms with van der Waals surface area (Å²) in [5, 5.41) is 8.86. The Kier molecular flexibility index (Phi) is 6.62. The second-order valence-corrected chi connectivity index (χ2v) is 9.44. The normalized spacial score (nSPS) is 17.3. The SMILES string of the molecule is O=C(/C=C/c1ccc2c(c1)C(=O)CC1(CCN(Cc3ccc(-c4ccccc4)cc3)CC1)O2)CO. The van der Waals surface area contributed by atoms with Gasteiger partial charge in [-0.1, -0.05) is 66.7 Å². The number of ether oxygens (including phenoxy) is 1. The molecule has 178 valence electrons. The Morgan fingerprint density at radius 2 is 1.69 bits per heavy atom. The number of benzene rings is 3. The van der Waals surface area contributed by atoms with Crippen LogP contribution < -0.4 is 4.74 Å². The number of hydrogen-bond donors (Lipinski definition) is 1. The third-order valence-electron chi connectivity index (χ3n) is 6.97. The van der Waals surface area contributed by atoms with Crippen LogP contribution >= 0.6 is 0 Å². The minimum atomic E-state index is -0.526. The van der Waals surface area contributed by atoms with Gasteiger partial charge in [-0.15, -0.1) is 0 Å². The number of ketones is 2. The van der Waals surface area contributed by atoms with Crippen molar-refractivity contribution in [1.29, 1.82) is 0 Å². The molecule has 0 aliphatic carbocycles. The molecule has 1 N–H and O–H groups in total. The fourth-order valence-corrected chi connectivity index (χ4v) is 4.95. The molecule has 5 heteroatoms. The van der Waals surface area contributed by atoms with Crippen LogP contribution in [0.5, 0.6) is 5.75 Å². The number of hydrogen-bond acceptors (Lipinski definition) is 5. The highest BCUT2D eigenvalue weighted by atomic mass is 16.5. The van der Waals surface area contributed by atoms with Gasteiger partial charge in [-0.05, 0) is 40.5 Å². The Morgan fingerprint density at radius 3 is 2.40 bits per heavy atom. The molecular formula is C30H29NO4. The number of fused-ring (bicyclic) bond motifs is 1. The number of piperidine rings is 1. The Morgan fingerprint density at radius 1 is 0.971 bits per heavy atom. The van der Waals surface area contributed by atoms with Crippen LogP contribution in [0.4, 0.5) is 0 Å². The standard InChI is InChI=1S/C30H29NO4/c32-21-26(33)12-8-22-9-13-29-27(18-22)28(34)19-30(35-29)14-16-31(17-15-30)20-23-6-10-25(11-7-23)24-4-2-1-3-5-24/h1-13,18,32H,14-17,19-21H2/b12-8+. The molecule has 0 saturated carbocycles. The molecule has 0 radical (unpaired) electrons. The molecule has 1 saturated heterocycles. The summed E-state index contributed by atoms with van der Waals surface area (Å²) in [4.78, 5) is 26.8. The maximum atomic E-state index is 13.0. The Hall–Kier alpha value is -3.54. The average Bonchev–Trinajstić information content (AvgIpc) is 2.90. The van der Waals surface area contributed by atoms with Crippen LogP contribution in [0.3, 0.4) is 0 Å². The van der Waals surface area contributed by atoms with E-state index in [2.05, 4.69) is 53.4 Å². The molecule has 1 fully saturated rings. The van der Waals surface area contributed by atoms with E-state index < -0.39 is 12.2 Å². The predicted octanol–water partition coefficient (Wildman–Crippen LogP) is 4.93. The quantitative estimate of drug-likeness (QED) is 0.521. The lowest BCUT2D eigenvalue weighted by atomic mass is 9.82. The minimum absolute atomic E-state index is 0.0833. The molecule has 35 heavy (non-hydrogen) atoms. The molecule has 0 unspecified atom stereocenters. The minimum Gasteiger partial charge on any atom is -0.486 e. The molecule has 5 nitrogen and oxygen atoms in total. The van der Waals surface area contributed by atoms with E-state index in [-0.39, 0.29) is 11.6 Å². The van der Waals surface area contributed by atoms with E-state index >= 15 is 0 Å². The van der Waals surface area contributed by atoms with Gasteiger partial charge >= 0.3 is 0 Å². The van der Waals surface area contributed by atoms with E-state index in [9.17, 15) is 9.59 Å². The van der Waals surface area contributed by atoms with E-state index in [0.29, 0.717) is 17.7 Å². The zero-order chi connectivity index (χ0) is 24.3. The molecule has 0 amide bonds. The lowest BCUT2D eigenvalue weighted by Crippen LogP contribution is -2.50. The first-order chi connectivity index (χ1) is 17.0. The smallest absolute Gasteiger partial charge is 0.181 e. The first-order valence-corrected chi connectivity index (χ1v) is 12.1. The third kappa shape index (κ3) is 5.26. The van der Waals surface area contributed by atoms with Crippen LogP contribution in [-0.4, -0.2) is 46.9 Å². The summed E-state index contributed by atoms with van der Waals surface area (Å²) >= 11 is 0. The number of nitrogens with zero attached hydrogens (tertiary/aromatic N) is 1.